The van der Waals surface area contributed by atoms with Gasteiger partial charge in [0.2, 0.25) is 0 Å². The Morgan fingerprint density at radius 2 is 1.94 bits per heavy atom. The molecule has 0 amide bonds. The molecule has 1 saturated carbocycles. The Hall–Kier alpha value is -2.65. The highest BCUT2D eigenvalue weighted by atomic mass is 19.4. The van der Waals surface area contributed by atoms with Gasteiger partial charge in [-0.3, -0.25) is 4.79 Å². The maximum Gasteiger partial charge on any atom is 0.433 e. The molecular weight excluding hydrogens is 413 g/mol. The summed E-state index contributed by atoms with van der Waals surface area (Å²) in [7, 11) is 3.06. The van der Waals surface area contributed by atoms with Gasteiger partial charge in [0.1, 0.15) is 11.4 Å². The van der Waals surface area contributed by atoms with Gasteiger partial charge in [-0.2, -0.15) is 13.2 Å². The smallest absolute Gasteiger partial charge is 0.433 e. The zero-order chi connectivity index (χ0) is 22.6. The van der Waals surface area contributed by atoms with Crippen LogP contribution in [0.3, 0.4) is 0 Å². The number of pyridine rings is 1. The third-order valence-electron chi connectivity index (χ3n) is 5.35. The third-order valence-corrected chi connectivity index (χ3v) is 5.35. The van der Waals surface area contributed by atoms with Crippen molar-refractivity contribution in [1.29, 1.82) is 0 Å². The van der Waals surface area contributed by atoms with Gasteiger partial charge in [-0.1, -0.05) is 12.1 Å². The van der Waals surface area contributed by atoms with Gasteiger partial charge in [-0.15, -0.1) is 0 Å². The number of ether oxygens (including phenoxy) is 2. The van der Waals surface area contributed by atoms with E-state index in [-0.39, 0.29) is 24.2 Å². The van der Waals surface area contributed by atoms with Gasteiger partial charge >= 0.3 is 12.1 Å². The number of carboxylic acid groups (broad SMARTS) is 1. The van der Waals surface area contributed by atoms with Crippen molar-refractivity contribution in [2.24, 2.45) is 0 Å². The summed E-state index contributed by atoms with van der Waals surface area (Å²) in [4.78, 5) is 14.8. The fraction of sp³-hybridized carbons (Fsp3) is 0.455. The molecule has 0 saturated heterocycles. The fourth-order valence-corrected chi connectivity index (χ4v) is 3.48. The minimum atomic E-state index is -4.56. The standard InChI is InChI=1S/C22H25F3N2O4/c1-30-13-21(9-10-21)26-12-17-15(5-7-19(27-17)22(23,24)25)16-11-14(4-8-20(28)29)3-6-18(16)31-2/h3,5-7,11,26H,4,8-10,12-13H2,1-2H3,(H,28,29). The normalized spacial score (nSPS) is 15.0. The summed E-state index contributed by atoms with van der Waals surface area (Å²) in [6, 6.07) is 7.52. The number of hydrogen-bond donors (Lipinski definition) is 2. The molecule has 1 fully saturated rings. The van der Waals surface area contributed by atoms with E-state index in [1.54, 1.807) is 25.3 Å². The van der Waals surface area contributed by atoms with Crippen LogP contribution in [-0.2, 0) is 28.7 Å². The van der Waals surface area contributed by atoms with Crippen LogP contribution in [0.2, 0.25) is 0 Å². The van der Waals surface area contributed by atoms with E-state index < -0.39 is 17.8 Å². The number of aliphatic carboxylic acids is 1. The molecule has 0 radical (unpaired) electrons. The van der Waals surface area contributed by atoms with Gasteiger partial charge in [0.05, 0.1) is 19.4 Å². The first-order valence-electron chi connectivity index (χ1n) is 9.87. The summed E-state index contributed by atoms with van der Waals surface area (Å²) in [5, 5.41) is 12.2. The number of halogens is 3. The summed E-state index contributed by atoms with van der Waals surface area (Å²) in [5.41, 5.74) is 0.851. The van der Waals surface area contributed by atoms with E-state index in [1.165, 1.54) is 13.2 Å². The molecule has 31 heavy (non-hydrogen) atoms. The number of methoxy groups -OCH3 is 2. The van der Waals surface area contributed by atoms with Crippen LogP contribution < -0.4 is 10.1 Å². The quantitative estimate of drug-likeness (QED) is 0.582. The van der Waals surface area contributed by atoms with Gasteiger partial charge in [0.25, 0.3) is 0 Å². The maximum absolute atomic E-state index is 13.3. The van der Waals surface area contributed by atoms with Gasteiger partial charge in [-0.25, -0.2) is 4.98 Å². The molecule has 0 spiro atoms. The van der Waals surface area contributed by atoms with Crippen molar-refractivity contribution in [3.05, 3.63) is 47.3 Å². The Bertz CT molecular complexity index is 943. The number of benzene rings is 1. The molecular formula is C22H25F3N2O4. The molecule has 3 rings (SSSR count). The van der Waals surface area contributed by atoms with Crippen LogP contribution in [-0.4, -0.2) is 42.4 Å². The highest BCUT2D eigenvalue weighted by Crippen LogP contribution is 2.38. The lowest BCUT2D eigenvalue weighted by molar-refractivity contribution is -0.141. The number of aromatic nitrogens is 1. The predicted octanol–water partition coefficient (Wildman–Crippen LogP) is 4.06. The van der Waals surface area contributed by atoms with Gasteiger partial charge in [-0.05, 0) is 43.0 Å². The summed E-state index contributed by atoms with van der Waals surface area (Å²) in [5.74, 6) is -0.453. The number of alkyl halides is 3. The Morgan fingerprint density at radius 3 is 2.52 bits per heavy atom. The zero-order valence-electron chi connectivity index (χ0n) is 17.4. The van der Waals surface area contributed by atoms with Gasteiger partial charge < -0.3 is 19.9 Å². The number of rotatable bonds is 10. The summed E-state index contributed by atoms with van der Waals surface area (Å²) < 4.78 is 50.6. The number of aryl methyl sites for hydroxylation is 1. The molecule has 1 aliphatic rings. The summed E-state index contributed by atoms with van der Waals surface area (Å²) in [6.45, 7) is 0.598. The average Bonchev–Trinajstić information content (AvgIpc) is 3.49. The molecule has 168 valence electrons. The van der Waals surface area contributed by atoms with Crippen LogP contribution in [0.25, 0.3) is 11.1 Å². The Kier molecular flexibility index (Phi) is 6.86. The topological polar surface area (TPSA) is 80.7 Å². The number of carboxylic acids is 1. The molecule has 9 heteroatoms. The minimum Gasteiger partial charge on any atom is -0.496 e. The van der Waals surface area contributed by atoms with Crippen molar-refractivity contribution in [1.82, 2.24) is 10.3 Å². The zero-order valence-corrected chi connectivity index (χ0v) is 17.4. The molecule has 0 bridgehead atoms. The second kappa shape index (κ2) is 9.23. The van der Waals surface area contributed by atoms with Gasteiger partial charge in [0, 0.05) is 36.7 Å². The summed E-state index contributed by atoms with van der Waals surface area (Å²) in [6.07, 6.45) is -2.56. The molecule has 1 aromatic heterocycles. The molecule has 1 heterocycles. The van der Waals surface area contributed by atoms with E-state index in [2.05, 4.69) is 10.3 Å². The number of hydrogen-bond acceptors (Lipinski definition) is 5. The molecule has 2 N–H and O–H groups in total. The number of nitrogens with zero attached hydrogens (tertiary/aromatic N) is 1. The van der Waals surface area contributed by atoms with E-state index in [9.17, 15) is 18.0 Å². The lowest BCUT2D eigenvalue weighted by Crippen LogP contribution is -2.35. The van der Waals surface area contributed by atoms with Crippen LogP contribution in [0.1, 0.15) is 36.2 Å². The fourth-order valence-electron chi connectivity index (χ4n) is 3.48. The molecule has 1 aliphatic carbocycles. The van der Waals surface area contributed by atoms with E-state index in [1.807, 2.05) is 0 Å². The van der Waals surface area contributed by atoms with E-state index in [0.29, 0.717) is 29.9 Å². The second-order valence-electron chi connectivity index (χ2n) is 7.68. The molecule has 0 atom stereocenters. The highest BCUT2D eigenvalue weighted by Gasteiger charge is 2.42. The Morgan fingerprint density at radius 1 is 1.19 bits per heavy atom. The highest BCUT2D eigenvalue weighted by molar-refractivity contribution is 5.74. The van der Waals surface area contributed by atoms with Gasteiger partial charge in [0.15, 0.2) is 0 Å². The molecule has 6 nitrogen and oxygen atoms in total. The lowest BCUT2D eigenvalue weighted by atomic mass is 9.97. The Labute approximate surface area is 178 Å². The number of nitrogens with one attached hydrogen (secondary N) is 1. The molecule has 1 aromatic carbocycles. The van der Waals surface area contributed by atoms with Crippen molar-refractivity contribution in [2.75, 3.05) is 20.8 Å². The van der Waals surface area contributed by atoms with Crippen molar-refractivity contribution in [2.45, 2.75) is 43.9 Å². The van der Waals surface area contributed by atoms with Crippen LogP contribution in [0.15, 0.2) is 30.3 Å². The van der Waals surface area contributed by atoms with Crippen LogP contribution in [0.4, 0.5) is 13.2 Å². The third kappa shape index (κ3) is 5.74. The first kappa shape index (κ1) is 23.0. The van der Waals surface area contributed by atoms with E-state index in [4.69, 9.17) is 14.6 Å². The predicted molar refractivity (Wildman–Crippen MR) is 108 cm³/mol. The first-order chi connectivity index (χ1) is 14.7. The SMILES string of the molecule is COCC1(NCc2nc(C(F)(F)F)ccc2-c2cc(CCC(=O)O)ccc2OC)CC1. The lowest BCUT2D eigenvalue weighted by Gasteiger charge is -2.20. The van der Waals surface area contributed by atoms with Crippen LogP contribution in [0, 0.1) is 0 Å². The van der Waals surface area contributed by atoms with Crippen molar-refractivity contribution < 1.29 is 32.5 Å². The molecule has 0 aliphatic heterocycles. The molecule has 2 aromatic rings. The first-order valence-corrected chi connectivity index (χ1v) is 9.87. The summed E-state index contributed by atoms with van der Waals surface area (Å²) >= 11 is 0. The number of carbonyl (C=O) groups is 1. The molecule has 0 unspecified atom stereocenters. The maximum atomic E-state index is 13.3. The van der Waals surface area contributed by atoms with E-state index >= 15 is 0 Å². The average molecular weight is 438 g/mol. The van der Waals surface area contributed by atoms with E-state index in [0.717, 1.165) is 24.5 Å². The van der Waals surface area contributed by atoms with Crippen LogP contribution >= 0.6 is 0 Å². The minimum absolute atomic E-state index is 0.0506. The largest absolute Gasteiger partial charge is 0.496 e. The van der Waals surface area contributed by atoms with Crippen molar-refractivity contribution in [3.63, 3.8) is 0 Å². The van der Waals surface area contributed by atoms with Crippen molar-refractivity contribution >= 4 is 5.97 Å². The Balaban J connectivity index is 2.00. The second-order valence-corrected chi connectivity index (χ2v) is 7.68. The van der Waals surface area contributed by atoms with Crippen molar-refractivity contribution in [3.8, 4) is 16.9 Å². The van der Waals surface area contributed by atoms with Crippen LogP contribution in [0.5, 0.6) is 5.75 Å². The monoisotopic (exact) mass is 438 g/mol.